The lowest BCUT2D eigenvalue weighted by atomic mass is 10.3. The number of nitrogens with one attached hydrogen (secondary N) is 1. The lowest BCUT2D eigenvalue weighted by Crippen LogP contribution is -2.43. The molecule has 1 fully saturated rings. The van der Waals surface area contributed by atoms with E-state index in [0.29, 0.717) is 18.0 Å². The van der Waals surface area contributed by atoms with E-state index >= 15 is 0 Å². The van der Waals surface area contributed by atoms with Gasteiger partial charge in [0.25, 0.3) is 5.91 Å². The molecule has 7 nitrogen and oxygen atoms in total. The summed E-state index contributed by atoms with van der Waals surface area (Å²) in [5.41, 5.74) is 5.93. The van der Waals surface area contributed by atoms with Gasteiger partial charge in [-0.05, 0) is 6.42 Å². The van der Waals surface area contributed by atoms with Crippen molar-refractivity contribution in [2.45, 2.75) is 13.3 Å². The van der Waals surface area contributed by atoms with E-state index in [2.05, 4.69) is 15.2 Å². The van der Waals surface area contributed by atoms with Crippen LogP contribution in [0.5, 0.6) is 0 Å². The summed E-state index contributed by atoms with van der Waals surface area (Å²) in [6, 6.07) is 0. The van der Waals surface area contributed by atoms with Crippen LogP contribution in [0.1, 0.15) is 23.0 Å². The second-order valence-electron chi connectivity index (χ2n) is 4.96. The number of nitrogens with zero attached hydrogens (tertiary/aromatic N) is 3. The van der Waals surface area contributed by atoms with Gasteiger partial charge in [-0.25, -0.2) is 4.98 Å². The van der Waals surface area contributed by atoms with Crippen LogP contribution >= 0.6 is 11.3 Å². The quantitative estimate of drug-likeness (QED) is 0.683. The summed E-state index contributed by atoms with van der Waals surface area (Å²) in [6.07, 6.45) is 0.842. The van der Waals surface area contributed by atoms with E-state index in [1.165, 1.54) is 11.3 Å². The van der Waals surface area contributed by atoms with Gasteiger partial charge in [-0.15, -0.1) is 0 Å². The highest BCUT2D eigenvalue weighted by molar-refractivity contribution is 7.18. The van der Waals surface area contributed by atoms with Gasteiger partial charge in [-0.1, -0.05) is 18.3 Å². The summed E-state index contributed by atoms with van der Waals surface area (Å²) in [5.74, 6) is 0.153. The van der Waals surface area contributed by atoms with Crippen LogP contribution in [0.15, 0.2) is 0 Å². The zero-order valence-electron chi connectivity index (χ0n) is 12.3. The van der Waals surface area contributed by atoms with Crippen LogP contribution in [0, 0.1) is 0 Å². The number of carbonyl (C=O) groups is 1. The molecule has 0 aliphatic carbocycles. The fraction of sp³-hybridized carbons (Fsp3) is 0.692. The minimum Gasteiger partial charge on any atom is -0.395 e. The lowest BCUT2D eigenvalue weighted by Gasteiger charge is -2.26. The average Bonchev–Trinajstić information content (AvgIpc) is 2.89. The predicted octanol–water partition coefficient (Wildman–Crippen LogP) is -0.0206. The van der Waals surface area contributed by atoms with Gasteiger partial charge in [0.1, 0.15) is 10.7 Å². The van der Waals surface area contributed by atoms with Crippen LogP contribution in [-0.2, 0) is 0 Å². The van der Waals surface area contributed by atoms with Gasteiger partial charge in [-0.2, -0.15) is 0 Å². The highest BCUT2D eigenvalue weighted by atomic mass is 32.1. The maximum absolute atomic E-state index is 12.5. The van der Waals surface area contributed by atoms with E-state index < -0.39 is 0 Å². The molecule has 1 aromatic heterocycles. The third-order valence-corrected chi connectivity index (χ3v) is 4.49. The third kappa shape index (κ3) is 3.84. The number of anilines is 2. The fourth-order valence-electron chi connectivity index (χ4n) is 2.31. The number of rotatable bonds is 6. The molecule has 0 atom stereocenters. The molecule has 1 aromatic rings. The summed E-state index contributed by atoms with van der Waals surface area (Å²) >= 11 is 1.34. The molecule has 1 saturated heterocycles. The molecule has 8 heteroatoms. The summed E-state index contributed by atoms with van der Waals surface area (Å²) in [7, 11) is 0. The molecule has 21 heavy (non-hydrogen) atoms. The third-order valence-electron chi connectivity index (χ3n) is 3.37. The summed E-state index contributed by atoms with van der Waals surface area (Å²) in [6.45, 7) is 6.46. The van der Waals surface area contributed by atoms with Crippen LogP contribution in [0.2, 0.25) is 0 Å². The lowest BCUT2D eigenvalue weighted by molar-refractivity contribution is 0.0727. The molecule has 118 valence electrons. The molecule has 0 bridgehead atoms. The maximum Gasteiger partial charge on any atom is 0.267 e. The fourth-order valence-corrected chi connectivity index (χ4v) is 3.32. The standard InChI is InChI=1S/C13H23N5O2S/c1-2-5-17(8-9-19)12(20)10-11(14)16-13(21-10)18-6-3-15-4-7-18/h15,19H,2-9,14H2,1H3. The zero-order valence-corrected chi connectivity index (χ0v) is 13.2. The molecule has 1 amide bonds. The topological polar surface area (TPSA) is 94.7 Å². The Balaban J connectivity index is 2.14. The van der Waals surface area contributed by atoms with Crippen molar-refractivity contribution in [2.75, 3.05) is 56.5 Å². The Kier molecular flexibility index (Phi) is 5.77. The van der Waals surface area contributed by atoms with Crippen LogP contribution in [-0.4, -0.2) is 66.8 Å². The second kappa shape index (κ2) is 7.58. The molecule has 0 aromatic carbocycles. The number of hydrogen-bond acceptors (Lipinski definition) is 7. The van der Waals surface area contributed by atoms with Gasteiger partial charge >= 0.3 is 0 Å². The van der Waals surface area contributed by atoms with Gasteiger partial charge in [0.15, 0.2) is 5.13 Å². The highest BCUT2D eigenvalue weighted by Gasteiger charge is 2.24. The minimum absolute atomic E-state index is 0.0465. The van der Waals surface area contributed by atoms with Crippen molar-refractivity contribution in [2.24, 2.45) is 0 Å². The first-order chi connectivity index (χ1) is 10.2. The average molecular weight is 313 g/mol. The summed E-state index contributed by atoms with van der Waals surface area (Å²) in [4.78, 5) is 21.1. The predicted molar refractivity (Wildman–Crippen MR) is 84.9 cm³/mol. The number of hydrogen-bond donors (Lipinski definition) is 3. The Hall–Kier alpha value is -1.38. The van der Waals surface area contributed by atoms with Crippen molar-refractivity contribution in [3.05, 3.63) is 4.88 Å². The minimum atomic E-state index is -0.137. The molecular weight excluding hydrogens is 290 g/mol. The van der Waals surface area contributed by atoms with Crippen molar-refractivity contribution < 1.29 is 9.90 Å². The van der Waals surface area contributed by atoms with E-state index in [9.17, 15) is 4.79 Å². The van der Waals surface area contributed by atoms with Crippen LogP contribution in [0.3, 0.4) is 0 Å². The Labute approximate surface area is 128 Å². The number of piperazine rings is 1. The van der Waals surface area contributed by atoms with Crippen molar-refractivity contribution in [1.29, 1.82) is 0 Å². The number of nitrogen functional groups attached to an aromatic ring is 1. The largest absolute Gasteiger partial charge is 0.395 e. The van der Waals surface area contributed by atoms with Crippen LogP contribution in [0.25, 0.3) is 0 Å². The van der Waals surface area contributed by atoms with E-state index in [0.717, 1.165) is 37.7 Å². The molecule has 2 rings (SSSR count). The molecule has 0 radical (unpaired) electrons. The van der Waals surface area contributed by atoms with Crippen LogP contribution < -0.4 is 16.0 Å². The Morgan fingerprint density at radius 3 is 2.81 bits per heavy atom. The summed E-state index contributed by atoms with van der Waals surface area (Å²) in [5, 5.41) is 13.2. The zero-order chi connectivity index (χ0) is 15.2. The number of thiazole rings is 1. The van der Waals surface area contributed by atoms with Crippen molar-refractivity contribution in [1.82, 2.24) is 15.2 Å². The number of aromatic nitrogens is 1. The number of aliphatic hydroxyl groups is 1. The molecule has 1 aliphatic rings. The van der Waals surface area contributed by atoms with Gasteiger partial charge in [-0.3, -0.25) is 4.79 Å². The SMILES string of the molecule is CCCN(CCO)C(=O)c1sc(N2CCNCC2)nc1N. The Bertz CT molecular complexity index is 467. The van der Waals surface area contributed by atoms with Crippen molar-refractivity contribution in [3.63, 3.8) is 0 Å². The Morgan fingerprint density at radius 2 is 2.19 bits per heavy atom. The molecule has 4 N–H and O–H groups in total. The smallest absolute Gasteiger partial charge is 0.267 e. The normalized spacial score (nSPS) is 15.2. The first-order valence-corrected chi connectivity index (χ1v) is 8.11. The maximum atomic E-state index is 12.5. The first-order valence-electron chi connectivity index (χ1n) is 7.29. The number of nitrogens with two attached hydrogens (primary N) is 1. The summed E-state index contributed by atoms with van der Waals surface area (Å²) < 4.78 is 0. The van der Waals surface area contributed by atoms with E-state index in [4.69, 9.17) is 10.8 Å². The second-order valence-corrected chi connectivity index (χ2v) is 5.94. The van der Waals surface area contributed by atoms with Crippen molar-refractivity contribution in [3.8, 4) is 0 Å². The first kappa shape index (κ1) is 16.0. The van der Waals surface area contributed by atoms with Crippen LogP contribution in [0.4, 0.5) is 10.9 Å². The van der Waals surface area contributed by atoms with E-state index in [1.807, 2.05) is 6.92 Å². The molecule has 0 spiro atoms. The van der Waals surface area contributed by atoms with E-state index in [-0.39, 0.29) is 18.3 Å². The van der Waals surface area contributed by atoms with Gasteiger partial charge in [0.05, 0.1) is 6.61 Å². The van der Waals surface area contributed by atoms with Gasteiger partial charge in [0.2, 0.25) is 0 Å². The van der Waals surface area contributed by atoms with Crippen molar-refractivity contribution >= 4 is 28.2 Å². The number of amides is 1. The van der Waals surface area contributed by atoms with Gasteiger partial charge in [0, 0.05) is 39.3 Å². The monoisotopic (exact) mass is 313 g/mol. The highest BCUT2D eigenvalue weighted by Crippen LogP contribution is 2.29. The van der Waals surface area contributed by atoms with E-state index in [1.54, 1.807) is 4.90 Å². The Morgan fingerprint density at radius 1 is 1.48 bits per heavy atom. The van der Waals surface area contributed by atoms with Gasteiger partial charge < -0.3 is 26.0 Å². The molecule has 0 saturated carbocycles. The molecule has 1 aliphatic heterocycles. The molecular formula is C13H23N5O2S. The number of carbonyl (C=O) groups excluding carboxylic acids is 1. The number of aliphatic hydroxyl groups excluding tert-OH is 1. The molecule has 0 unspecified atom stereocenters. The molecule has 2 heterocycles.